The Kier molecular flexibility index (Phi) is 8.32. The number of rotatable bonds is 11. The van der Waals surface area contributed by atoms with E-state index < -0.39 is 6.10 Å². The smallest absolute Gasteiger partial charge is 0.335 e. The minimum absolute atomic E-state index is 0.0678. The third-order valence-electron chi connectivity index (χ3n) is 7.01. The lowest BCUT2D eigenvalue weighted by Gasteiger charge is -2.16. The van der Waals surface area contributed by atoms with Gasteiger partial charge >= 0.3 is 5.97 Å². The Morgan fingerprint density at radius 1 is 0.737 bits per heavy atom. The van der Waals surface area contributed by atoms with E-state index >= 15 is 0 Å². The van der Waals surface area contributed by atoms with E-state index in [1.807, 2.05) is 19.9 Å². The van der Waals surface area contributed by atoms with Crippen molar-refractivity contribution in [2.45, 2.75) is 38.9 Å². The summed E-state index contributed by atoms with van der Waals surface area (Å²) in [5.74, 6) is -0.306. The van der Waals surface area contributed by atoms with Crippen LogP contribution in [0.25, 0.3) is 22.3 Å². The Morgan fingerprint density at radius 3 is 2.21 bits per heavy atom. The van der Waals surface area contributed by atoms with Gasteiger partial charge < -0.3 is 14.2 Å². The summed E-state index contributed by atoms with van der Waals surface area (Å²) >= 11 is 0. The third kappa shape index (κ3) is 5.72. The highest BCUT2D eigenvalue weighted by Crippen LogP contribution is 2.46. The van der Waals surface area contributed by atoms with Crippen LogP contribution in [0.3, 0.4) is 0 Å². The molecule has 0 saturated carbocycles. The van der Waals surface area contributed by atoms with Crippen LogP contribution in [-0.4, -0.2) is 31.9 Å². The maximum Gasteiger partial charge on any atom is 0.335 e. The first kappa shape index (κ1) is 25.9. The van der Waals surface area contributed by atoms with E-state index in [1.54, 1.807) is 0 Å². The van der Waals surface area contributed by atoms with Crippen LogP contribution in [0.1, 0.15) is 42.2 Å². The minimum atomic E-state index is -0.570. The number of carbonyl (C=O) groups excluding carboxylic acids is 1. The van der Waals surface area contributed by atoms with E-state index in [0.29, 0.717) is 26.2 Å². The highest BCUT2D eigenvalue weighted by Gasteiger charge is 2.29. The van der Waals surface area contributed by atoms with Gasteiger partial charge in [0.1, 0.15) is 6.10 Å². The summed E-state index contributed by atoms with van der Waals surface area (Å²) in [7, 11) is 0. The second-order valence-electron chi connectivity index (χ2n) is 9.47. The van der Waals surface area contributed by atoms with Gasteiger partial charge in [-0.05, 0) is 70.8 Å². The van der Waals surface area contributed by atoms with Crippen molar-refractivity contribution in [2.24, 2.45) is 0 Å². The van der Waals surface area contributed by atoms with E-state index in [-0.39, 0.29) is 12.1 Å². The van der Waals surface area contributed by atoms with Crippen LogP contribution in [0.4, 0.5) is 0 Å². The predicted molar refractivity (Wildman–Crippen MR) is 151 cm³/mol. The van der Waals surface area contributed by atoms with Crippen LogP contribution >= 0.6 is 0 Å². The van der Waals surface area contributed by atoms with Crippen molar-refractivity contribution in [3.63, 3.8) is 0 Å². The lowest BCUT2D eigenvalue weighted by molar-refractivity contribution is -0.156. The van der Waals surface area contributed by atoms with Crippen molar-refractivity contribution in [2.75, 3.05) is 19.8 Å². The van der Waals surface area contributed by atoms with Crippen molar-refractivity contribution in [3.8, 4) is 22.3 Å². The molecule has 0 fully saturated rings. The van der Waals surface area contributed by atoms with Crippen LogP contribution in [0.2, 0.25) is 0 Å². The second kappa shape index (κ2) is 12.2. The van der Waals surface area contributed by atoms with Crippen molar-refractivity contribution >= 4 is 5.97 Å². The molecule has 194 valence electrons. The molecule has 0 aromatic heterocycles. The van der Waals surface area contributed by atoms with Crippen molar-refractivity contribution in [1.82, 2.24) is 0 Å². The highest BCUT2D eigenvalue weighted by atomic mass is 16.6. The molecule has 4 heteroatoms. The molecule has 0 heterocycles. The highest BCUT2D eigenvalue weighted by molar-refractivity contribution is 5.82. The maximum atomic E-state index is 12.2. The Hall–Kier alpha value is -3.73. The lowest BCUT2D eigenvalue weighted by Crippen LogP contribution is -2.29. The molecule has 38 heavy (non-hydrogen) atoms. The summed E-state index contributed by atoms with van der Waals surface area (Å²) in [5.41, 5.74) is 9.63. The molecule has 1 aliphatic rings. The monoisotopic (exact) mass is 506 g/mol. The maximum absolute atomic E-state index is 12.2. The van der Waals surface area contributed by atoms with Gasteiger partial charge in [0.25, 0.3) is 0 Å². The van der Waals surface area contributed by atoms with Gasteiger partial charge in [-0.2, -0.15) is 0 Å². The van der Waals surface area contributed by atoms with Gasteiger partial charge in [0.15, 0.2) is 6.10 Å². The van der Waals surface area contributed by atoms with Gasteiger partial charge in [0.05, 0.1) is 13.2 Å². The summed E-state index contributed by atoms with van der Waals surface area (Å²) < 4.78 is 17.3. The quantitative estimate of drug-likeness (QED) is 0.202. The van der Waals surface area contributed by atoms with Crippen LogP contribution in [0.15, 0.2) is 97.1 Å². The number of hydrogen-bond acceptors (Lipinski definition) is 4. The van der Waals surface area contributed by atoms with Gasteiger partial charge in [-0.3, -0.25) is 0 Å². The SMILES string of the molecule is CCOC(=O)C(Cc1ccc(CCOC2c3ccccc3-c3cc(-c4ccccc4)ccc32)cc1)OCC. The van der Waals surface area contributed by atoms with Crippen LogP contribution in [0.5, 0.6) is 0 Å². The van der Waals surface area contributed by atoms with Crippen LogP contribution in [-0.2, 0) is 31.8 Å². The molecule has 4 aromatic carbocycles. The zero-order chi connectivity index (χ0) is 26.3. The standard InChI is InChI=1S/C34H34O4/c1-3-36-32(34(35)37-4-2)22-25-16-14-24(15-17-25)20-21-38-33-29-13-9-8-12-28(29)31-23-27(18-19-30(31)33)26-10-6-5-7-11-26/h5-19,23,32-33H,3-4,20-22H2,1-2H3. The van der Waals surface area contributed by atoms with E-state index in [9.17, 15) is 4.79 Å². The molecule has 0 aliphatic heterocycles. The molecule has 0 bridgehead atoms. The van der Waals surface area contributed by atoms with E-state index in [2.05, 4.69) is 91.0 Å². The van der Waals surface area contributed by atoms with E-state index in [4.69, 9.17) is 14.2 Å². The molecular weight excluding hydrogens is 472 g/mol. The summed E-state index contributed by atoms with van der Waals surface area (Å²) in [6, 6.07) is 34.1. The molecule has 0 spiro atoms. The average molecular weight is 507 g/mol. The minimum Gasteiger partial charge on any atom is -0.464 e. The van der Waals surface area contributed by atoms with Crippen molar-refractivity contribution in [3.05, 3.63) is 119 Å². The number of benzene rings is 4. The second-order valence-corrected chi connectivity index (χ2v) is 9.47. The fourth-order valence-electron chi connectivity index (χ4n) is 5.14. The van der Waals surface area contributed by atoms with Gasteiger partial charge in [0, 0.05) is 13.0 Å². The Bertz CT molecular complexity index is 1360. The Labute approximate surface area is 225 Å². The van der Waals surface area contributed by atoms with E-state index in [1.165, 1.54) is 38.9 Å². The number of carbonyl (C=O) groups is 1. The summed E-state index contributed by atoms with van der Waals surface area (Å²) in [5, 5.41) is 0. The molecular formula is C34H34O4. The summed E-state index contributed by atoms with van der Waals surface area (Å²) in [6.07, 6.45) is 0.675. The first-order chi connectivity index (χ1) is 18.7. The zero-order valence-corrected chi connectivity index (χ0v) is 22.1. The molecule has 1 aliphatic carbocycles. The Balaban J connectivity index is 1.25. The van der Waals surface area contributed by atoms with Gasteiger partial charge in [-0.1, -0.05) is 91.0 Å². The van der Waals surface area contributed by atoms with Gasteiger partial charge in [-0.25, -0.2) is 4.79 Å². The number of hydrogen-bond donors (Lipinski definition) is 0. The molecule has 0 saturated heterocycles. The fourth-order valence-corrected chi connectivity index (χ4v) is 5.14. The number of fused-ring (bicyclic) bond motifs is 3. The number of ether oxygens (including phenoxy) is 3. The zero-order valence-electron chi connectivity index (χ0n) is 22.1. The summed E-state index contributed by atoms with van der Waals surface area (Å²) in [4.78, 5) is 12.2. The molecule has 5 rings (SSSR count). The molecule has 0 N–H and O–H groups in total. The van der Waals surface area contributed by atoms with Gasteiger partial charge in [-0.15, -0.1) is 0 Å². The van der Waals surface area contributed by atoms with Crippen molar-refractivity contribution < 1.29 is 19.0 Å². The first-order valence-electron chi connectivity index (χ1n) is 13.4. The topological polar surface area (TPSA) is 44.8 Å². The molecule has 2 unspecified atom stereocenters. The number of esters is 1. The third-order valence-corrected chi connectivity index (χ3v) is 7.01. The van der Waals surface area contributed by atoms with Crippen molar-refractivity contribution in [1.29, 1.82) is 0 Å². The molecule has 0 amide bonds. The molecule has 4 nitrogen and oxygen atoms in total. The first-order valence-corrected chi connectivity index (χ1v) is 13.4. The lowest BCUT2D eigenvalue weighted by atomic mass is 9.98. The summed E-state index contributed by atoms with van der Waals surface area (Å²) in [6.45, 7) is 5.13. The van der Waals surface area contributed by atoms with Crippen LogP contribution < -0.4 is 0 Å². The molecule has 4 aromatic rings. The predicted octanol–water partition coefficient (Wildman–Crippen LogP) is 7.19. The normalized spacial score (nSPS) is 14.5. The van der Waals surface area contributed by atoms with Crippen LogP contribution in [0, 0.1) is 0 Å². The van der Waals surface area contributed by atoms with E-state index in [0.717, 1.165) is 12.0 Å². The largest absolute Gasteiger partial charge is 0.464 e. The fraction of sp³-hybridized carbons (Fsp3) is 0.265. The molecule has 2 atom stereocenters. The average Bonchev–Trinajstić information content (AvgIpc) is 3.27. The molecule has 0 radical (unpaired) electrons. The Morgan fingerprint density at radius 2 is 1.45 bits per heavy atom. The van der Waals surface area contributed by atoms with Gasteiger partial charge in [0.2, 0.25) is 0 Å².